The van der Waals surface area contributed by atoms with Crippen molar-refractivity contribution in [1.29, 1.82) is 0 Å². The summed E-state index contributed by atoms with van der Waals surface area (Å²) in [5, 5.41) is 14.7. The number of nitrogens with zero attached hydrogens (tertiary/aromatic N) is 3. The Morgan fingerprint density at radius 1 is 1.19 bits per heavy atom. The van der Waals surface area contributed by atoms with Gasteiger partial charge in [-0.15, -0.1) is 0 Å². The molecule has 32 heavy (non-hydrogen) atoms. The zero-order valence-corrected chi connectivity index (χ0v) is 17.4. The molecule has 0 amide bonds. The Hall–Kier alpha value is -3.78. The Labute approximate surface area is 182 Å². The van der Waals surface area contributed by atoms with E-state index in [0.717, 1.165) is 16.8 Å². The van der Waals surface area contributed by atoms with Crippen LogP contribution in [0.3, 0.4) is 0 Å². The molecule has 1 aliphatic heterocycles. The van der Waals surface area contributed by atoms with Gasteiger partial charge in [-0.2, -0.15) is 0 Å². The summed E-state index contributed by atoms with van der Waals surface area (Å²) in [6, 6.07) is 14.6. The lowest BCUT2D eigenvalue weighted by molar-refractivity contribution is 0.0695. The van der Waals surface area contributed by atoms with Gasteiger partial charge >= 0.3 is 5.97 Å². The number of fused-ring (bicyclic) bond motifs is 2. The monoisotopic (exact) mass is 432 g/mol. The maximum Gasteiger partial charge on any atom is 0.341 e. The number of anilines is 1. The highest BCUT2D eigenvalue weighted by atomic mass is 19.1. The molecule has 162 valence electrons. The minimum Gasteiger partial charge on any atom is -0.477 e. The molecular formula is C24H21FN4O3. The fourth-order valence-electron chi connectivity index (χ4n) is 4.32. The van der Waals surface area contributed by atoms with E-state index < -0.39 is 22.8 Å². The first-order chi connectivity index (χ1) is 15.4. The van der Waals surface area contributed by atoms with Crippen molar-refractivity contribution in [1.82, 2.24) is 14.9 Å². The third-order valence-electron chi connectivity index (χ3n) is 5.84. The van der Waals surface area contributed by atoms with Gasteiger partial charge in [0.05, 0.1) is 11.1 Å². The largest absolute Gasteiger partial charge is 0.477 e. The number of hydrogen-bond donors (Lipinski definition) is 2. The van der Waals surface area contributed by atoms with E-state index in [-0.39, 0.29) is 22.9 Å². The van der Waals surface area contributed by atoms with Crippen LogP contribution >= 0.6 is 0 Å². The number of carboxylic acids is 1. The van der Waals surface area contributed by atoms with Crippen LogP contribution in [0.25, 0.3) is 27.5 Å². The maximum absolute atomic E-state index is 15.1. The van der Waals surface area contributed by atoms with Crippen LogP contribution in [-0.2, 0) is 0 Å². The Morgan fingerprint density at radius 3 is 2.75 bits per heavy atom. The molecule has 0 bridgehead atoms. The fourth-order valence-corrected chi connectivity index (χ4v) is 4.32. The van der Waals surface area contributed by atoms with E-state index in [1.54, 1.807) is 4.57 Å². The molecule has 7 nitrogen and oxygen atoms in total. The van der Waals surface area contributed by atoms with E-state index in [2.05, 4.69) is 10.3 Å². The van der Waals surface area contributed by atoms with Crippen molar-refractivity contribution >= 4 is 33.6 Å². The van der Waals surface area contributed by atoms with E-state index in [1.807, 2.05) is 54.3 Å². The molecule has 1 saturated heterocycles. The third-order valence-corrected chi connectivity index (χ3v) is 5.84. The fraction of sp³-hybridized carbons (Fsp3) is 0.208. The lowest BCUT2D eigenvalue weighted by atomic mass is 10.1. The number of nitrogens with one attached hydrogen (secondary N) is 1. The third kappa shape index (κ3) is 3.29. The molecule has 2 N–H and O–H groups in total. The number of aromatic nitrogens is 2. The van der Waals surface area contributed by atoms with Crippen LogP contribution in [0.2, 0.25) is 0 Å². The van der Waals surface area contributed by atoms with E-state index in [9.17, 15) is 14.7 Å². The van der Waals surface area contributed by atoms with E-state index in [0.29, 0.717) is 25.3 Å². The average Bonchev–Trinajstić information content (AvgIpc) is 2.79. The van der Waals surface area contributed by atoms with Gasteiger partial charge in [0.15, 0.2) is 17.3 Å². The zero-order chi connectivity index (χ0) is 22.4. The molecule has 2 aromatic heterocycles. The van der Waals surface area contributed by atoms with Gasteiger partial charge in [0, 0.05) is 37.3 Å². The van der Waals surface area contributed by atoms with Crippen LogP contribution < -0.4 is 15.6 Å². The van der Waals surface area contributed by atoms with E-state index >= 15 is 4.39 Å². The van der Waals surface area contributed by atoms with Crippen molar-refractivity contribution in [2.75, 3.05) is 24.5 Å². The highest BCUT2D eigenvalue weighted by Gasteiger charge is 2.24. The van der Waals surface area contributed by atoms with Gasteiger partial charge < -0.3 is 15.3 Å². The molecule has 8 heteroatoms. The number of piperazine rings is 1. The number of benzene rings is 2. The molecule has 0 saturated carbocycles. The second-order valence-electron chi connectivity index (χ2n) is 8.01. The molecule has 5 rings (SSSR count). The van der Waals surface area contributed by atoms with Crippen LogP contribution in [-0.4, -0.2) is 46.3 Å². The molecule has 3 heterocycles. The molecular weight excluding hydrogens is 411 g/mol. The maximum atomic E-state index is 15.1. The second kappa shape index (κ2) is 7.72. The topological polar surface area (TPSA) is 87.5 Å². The van der Waals surface area contributed by atoms with Crippen molar-refractivity contribution in [3.8, 4) is 5.69 Å². The minimum absolute atomic E-state index is 0.0673. The first-order valence-corrected chi connectivity index (χ1v) is 10.4. The molecule has 1 aliphatic rings. The van der Waals surface area contributed by atoms with Gasteiger partial charge in [0.1, 0.15) is 5.56 Å². The number of aromatic carboxylic acids is 1. The normalized spacial score (nSPS) is 16.6. The number of halogens is 1. The van der Waals surface area contributed by atoms with Gasteiger partial charge in [-0.05, 0) is 24.4 Å². The smallest absolute Gasteiger partial charge is 0.341 e. The van der Waals surface area contributed by atoms with Crippen molar-refractivity contribution < 1.29 is 14.3 Å². The Kier molecular flexibility index (Phi) is 4.86. The molecule has 0 radical (unpaired) electrons. The summed E-state index contributed by atoms with van der Waals surface area (Å²) < 4.78 is 16.7. The molecule has 0 aliphatic carbocycles. The highest BCUT2D eigenvalue weighted by molar-refractivity contribution is 5.95. The Balaban J connectivity index is 1.84. The standard InChI is InChI=1S/C24H21FN4O3/c1-14-12-28(10-9-26-14)23-19(25)11-17-21(30)18(24(31)32)13-29(22(17)27-23)20-8-4-6-15-5-2-3-7-16(15)20/h2-8,11,13-14,26H,9-10,12H2,1H3,(H,31,32). The number of pyridine rings is 2. The minimum atomic E-state index is -1.37. The lowest BCUT2D eigenvalue weighted by Crippen LogP contribution is -2.49. The summed E-state index contributed by atoms with van der Waals surface area (Å²) in [4.78, 5) is 31.1. The van der Waals surface area contributed by atoms with Crippen LogP contribution in [0.5, 0.6) is 0 Å². The summed E-state index contributed by atoms with van der Waals surface area (Å²) in [6.45, 7) is 3.84. The van der Waals surface area contributed by atoms with Gasteiger partial charge in [-0.3, -0.25) is 9.36 Å². The quantitative estimate of drug-likeness (QED) is 0.517. The van der Waals surface area contributed by atoms with E-state index in [1.165, 1.54) is 6.20 Å². The summed E-state index contributed by atoms with van der Waals surface area (Å²) in [5.41, 5.74) is -0.306. The second-order valence-corrected chi connectivity index (χ2v) is 8.01. The van der Waals surface area contributed by atoms with Crippen LogP contribution in [0, 0.1) is 5.82 Å². The summed E-state index contributed by atoms with van der Waals surface area (Å²) >= 11 is 0. The number of carboxylic acid groups (broad SMARTS) is 1. The van der Waals surface area contributed by atoms with Crippen LogP contribution in [0.4, 0.5) is 10.2 Å². The predicted molar refractivity (Wildman–Crippen MR) is 121 cm³/mol. The van der Waals surface area contributed by atoms with Crippen LogP contribution in [0.15, 0.2) is 59.5 Å². The van der Waals surface area contributed by atoms with Crippen LogP contribution in [0.1, 0.15) is 17.3 Å². The molecule has 1 atom stereocenters. The molecule has 2 aromatic carbocycles. The first-order valence-electron chi connectivity index (χ1n) is 10.4. The van der Waals surface area contributed by atoms with Crippen molar-refractivity contribution in [2.24, 2.45) is 0 Å². The SMILES string of the molecule is CC1CN(c2nc3c(cc2F)c(=O)c(C(=O)O)cn3-c2cccc3ccccc23)CCN1. The predicted octanol–water partition coefficient (Wildman–Crippen LogP) is 3.17. The van der Waals surface area contributed by atoms with Gasteiger partial charge in [-0.25, -0.2) is 14.2 Å². The Bertz CT molecular complexity index is 1430. The van der Waals surface area contributed by atoms with Gasteiger partial charge in [0.2, 0.25) is 5.43 Å². The average molecular weight is 432 g/mol. The Morgan fingerprint density at radius 2 is 1.97 bits per heavy atom. The lowest BCUT2D eigenvalue weighted by Gasteiger charge is -2.33. The summed E-state index contributed by atoms with van der Waals surface area (Å²) in [7, 11) is 0. The van der Waals surface area contributed by atoms with Crippen molar-refractivity contribution in [2.45, 2.75) is 13.0 Å². The number of rotatable bonds is 3. The van der Waals surface area contributed by atoms with Crippen molar-refractivity contribution in [3.05, 3.63) is 76.3 Å². The summed E-state index contributed by atoms with van der Waals surface area (Å²) in [6.07, 6.45) is 1.28. The molecule has 4 aromatic rings. The molecule has 1 fully saturated rings. The van der Waals surface area contributed by atoms with Gasteiger partial charge in [0.25, 0.3) is 0 Å². The van der Waals surface area contributed by atoms with E-state index in [4.69, 9.17) is 0 Å². The first kappa shape index (κ1) is 20.1. The number of carbonyl (C=O) groups is 1. The van der Waals surface area contributed by atoms with Crippen molar-refractivity contribution in [3.63, 3.8) is 0 Å². The number of hydrogen-bond acceptors (Lipinski definition) is 5. The molecule has 0 spiro atoms. The highest BCUT2D eigenvalue weighted by Crippen LogP contribution is 2.28. The van der Waals surface area contributed by atoms with Gasteiger partial charge in [-0.1, -0.05) is 36.4 Å². The summed E-state index contributed by atoms with van der Waals surface area (Å²) in [5.74, 6) is -1.86. The zero-order valence-electron chi connectivity index (χ0n) is 17.4. The molecule has 1 unspecified atom stereocenters.